The van der Waals surface area contributed by atoms with Crippen LogP contribution in [-0.2, 0) is 0 Å². The van der Waals surface area contributed by atoms with Gasteiger partial charge in [0.25, 0.3) is 5.56 Å². The number of pyridine rings is 1. The third-order valence-corrected chi connectivity index (χ3v) is 3.60. The van der Waals surface area contributed by atoms with Crippen LogP contribution in [0.3, 0.4) is 0 Å². The van der Waals surface area contributed by atoms with Crippen LogP contribution in [0.15, 0.2) is 46.5 Å². The van der Waals surface area contributed by atoms with Crippen LogP contribution in [0.2, 0.25) is 0 Å². The molecule has 0 bridgehead atoms. The molecule has 102 valence electrons. The number of hydrogen-bond donors (Lipinski definition) is 1. The van der Waals surface area contributed by atoms with Crippen LogP contribution in [0.25, 0.3) is 16.7 Å². The van der Waals surface area contributed by atoms with Crippen LogP contribution in [0.5, 0.6) is 0 Å². The molecule has 3 aromatic rings. The molecule has 0 spiro atoms. The normalized spacial score (nSPS) is 14.4. The molecule has 0 radical (unpaired) electrons. The second kappa shape index (κ2) is 3.99. The summed E-state index contributed by atoms with van der Waals surface area (Å²) < 4.78 is 1.47. The summed E-state index contributed by atoms with van der Waals surface area (Å²) in [5.41, 5.74) is 2.80. The quantitative estimate of drug-likeness (QED) is 0.391. The van der Waals surface area contributed by atoms with E-state index in [1.165, 1.54) is 4.57 Å². The Morgan fingerprint density at radius 1 is 1.29 bits per heavy atom. The van der Waals surface area contributed by atoms with Gasteiger partial charge < -0.3 is 5.21 Å². The fourth-order valence-corrected chi connectivity index (χ4v) is 2.66. The van der Waals surface area contributed by atoms with E-state index in [0.717, 1.165) is 5.56 Å². The van der Waals surface area contributed by atoms with E-state index in [-0.39, 0.29) is 5.56 Å². The molecule has 6 heteroatoms. The summed E-state index contributed by atoms with van der Waals surface area (Å²) in [5.74, 6) is 0.314. The standard InChI is InChI=1S/C15H10N4O2/c1-8-4-5-11-10(7-8)12(18-21)14-17-13-9(3-2-6-16-13)15(20)19(11)14/h2-7,21H,1H3/b18-12+. The van der Waals surface area contributed by atoms with E-state index in [1.54, 1.807) is 18.3 Å². The Labute approximate surface area is 119 Å². The molecule has 1 aromatic carbocycles. The van der Waals surface area contributed by atoms with Gasteiger partial charge in [0, 0.05) is 11.8 Å². The lowest BCUT2D eigenvalue weighted by molar-refractivity contribution is 0.319. The zero-order valence-electron chi connectivity index (χ0n) is 11.1. The number of fused-ring (bicyclic) bond motifs is 4. The molecule has 21 heavy (non-hydrogen) atoms. The van der Waals surface area contributed by atoms with Gasteiger partial charge in [-0.3, -0.25) is 9.36 Å². The van der Waals surface area contributed by atoms with Crippen LogP contribution in [-0.4, -0.2) is 25.5 Å². The molecule has 0 saturated carbocycles. The minimum atomic E-state index is -0.216. The maximum absolute atomic E-state index is 12.7. The minimum Gasteiger partial charge on any atom is -0.410 e. The Morgan fingerprint density at radius 3 is 2.95 bits per heavy atom. The van der Waals surface area contributed by atoms with Crippen molar-refractivity contribution in [2.45, 2.75) is 6.92 Å². The number of oxime groups is 1. The lowest BCUT2D eigenvalue weighted by atomic mass is 10.1. The van der Waals surface area contributed by atoms with Gasteiger partial charge in [-0.2, -0.15) is 0 Å². The predicted molar refractivity (Wildman–Crippen MR) is 77.3 cm³/mol. The van der Waals surface area contributed by atoms with Gasteiger partial charge >= 0.3 is 0 Å². The van der Waals surface area contributed by atoms with Crippen LogP contribution in [0.4, 0.5) is 0 Å². The monoisotopic (exact) mass is 278 g/mol. The average Bonchev–Trinajstić information content (AvgIpc) is 2.80. The van der Waals surface area contributed by atoms with Crippen LogP contribution in [0, 0.1) is 6.92 Å². The third kappa shape index (κ3) is 1.47. The van der Waals surface area contributed by atoms with Gasteiger partial charge in [0.05, 0.1) is 11.1 Å². The molecule has 0 unspecified atom stereocenters. The zero-order chi connectivity index (χ0) is 14.6. The van der Waals surface area contributed by atoms with E-state index in [2.05, 4.69) is 15.1 Å². The maximum Gasteiger partial charge on any atom is 0.267 e. The topological polar surface area (TPSA) is 80.4 Å². The summed E-state index contributed by atoms with van der Waals surface area (Å²) in [4.78, 5) is 21.2. The number of aromatic nitrogens is 3. The van der Waals surface area contributed by atoms with Crippen molar-refractivity contribution in [1.29, 1.82) is 0 Å². The van der Waals surface area contributed by atoms with Crippen LogP contribution in [0.1, 0.15) is 17.0 Å². The first-order valence-corrected chi connectivity index (χ1v) is 6.42. The van der Waals surface area contributed by atoms with Crippen molar-refractivity contribution >= 4 is 16.7 Å². The highest BCUT2D eigenvalue weighted by Gasteiger charge is 2.29. The number of hydrogen-bond acceptors (Lipinski definition) is 5. The van der Waals surface area contributed by atoms with Crippen molar-refractivity contribution in [3.05, 3.63) is 63.8 Å². The summed E-state index contributed by atoms with van der Waals surface area (Å²) >= 11 is 0. The highest BCUT2D eigenvalue weighted by atomic mass is 16.4. The van der Waals surface area contributed by atoms with E-state index in [0.29, 0.717) is 33.8 Å². The Balaban J connectivity index is 2.21. The molecule has 0 saturated heterocycles. The van der Waals surface area contributed by atoms with Crippen molar-refractivity contribution in [3.63, 3.8) is 0 Å². The molecule has 4 rings (SSSR count). The Hall–Kier alpha value is -3.02. The maximum atomic E-state index is 12.7. The Kier molecular flexibility index (Phi) is 2.24. The fraction of sp³-hybridized carbons (Fsp3) is 0.0667. The molecule has 0 fully saturated rings. The second-order valence-electron chi connectivity index (χ2n) is 4.92. The number of benzene rings is 1. The molecule has 6 nitrogen and oxygen atoms in total. The van der Waals surface area contributed by atoms with Gasteiger partial charge in [-0.1, -0.05) is 16.8 Å². The summed E-state index contributed by atoms with van der Waals surface area (Å²) in [6.07, 6.45) is 1.58. The van der Waals surface area contributed by atoms with E-state index in [9.17, 15) is 10.0 Å². The molecule has 0 atom stereocenters. The van der Waals surface area contributed by atoms with E-state index < -0.39 is 0 Å². The molecular formula is C15H10N4O2. The number of rotatable bonds is 0. The van der Waals surface area contributed by atoms with Gasteiger partial charge in [-0.25, -0.2) is 9.97 Å². The minimum absolute atomic E-state index is 0.216. The van der Waals surface area contributed by atoms with E-state index in [1.807, 2.05) is 25.1 Å². The van der Waals surface area contributed by atoms with Crippen LogP contribution < -0.4 is 5.56 Å². The summed E-state index contributed by atoms with van der Waals surface area (Å²) in [5, 5.41) is 13.1. The first-order chi connectivity index (χ1) is 10.2. The Morgan fingerprint density at radius 2 is 2.14 bits per heavy atom. The molecular weight excluding hydrogens is 268 g/mol. The fourth-order valence-electron chi connectivity index (χ4n) is 2.66. The highest BCUT2D eigenvalue weighted by molar-refractivity contribution is 6.16. The lowest BCUT2D eigenvalue weighted by Gasteiger charge is -2.05. The van der Waals surface area contributed by atoms with Crippen molar-refractivity contribution < 1.29 is 5.21 Å². The molecule has 0 aliphatic carbocycles. The first kappa shape index (κ1) is 11.8. The largest absolute Gasteiger partial charge is 0.410 e. The molecule has 1 aliphatic heterocycles. The van der Waals surface area contributed by atoms with E-state index in [4.69, 9.17) is 0 Å². The average molecular weight is 278 g/mol. The predicted octanol–water partition coefficient (Wildman–Crippen LogP) is 1.63. The Bertz CT molecular complexity index is 989. The molecule has 2 aromatic heterocycles. The van der Waals surface area contributed by atoms with Gasteiger partial charge in [-0.05, 0) is 31.2 Å². The summed E-state index contributed by atoms with van der Waals surface area (Å²) in [6.45, 7) is 1.94. The molecule has 0 amide bonds. The van der Waals surface area contributed by atoms with Crippen LogP contribution >= 0.6 is 0 Å². The second-order valence-corrected chi connectivity index (χ2v) is 4.92. The molecule has 1 N–H and O–H groups in total. The van der Waals surface area contributed by atoms with Gasteiger partial charge in [0.2, 0.25) is 0 Å². The van der Waals surface area contributed by atoms with Gasteiger partial charge in [-0.15, -0.1) is 0 Å². The first-order valence-electron chi connectivity index (χ1n) is 6.42. The smallest absolute Gasteiger partial charge is 0.267 e. The van der Waals surface area contributed by atoms with Gasteiger partial charge in [0.15, 0.2) is 17.2 Å². The third-order valence-electron chi connectivity index (χ3n) is 3.60. The molecule has 3 heterocycles. The SMILES string of the molecule is Cc1ccc2c(c1)/C(=N\O)c1nc3ncccc3c(=O)n1-2. The zero-order valence-corrected chi connectivity index (χ0v) is 11.1. The van der Waals surface area contributed by atoms with Crippen molar-refractivity contribution in [2.24, 2.45) is 5.16 Å². The summed E-state index contributed by atoms with van der Waals surface area (Å²) in [7, 11) is 0. The van der Waals surface area contributed by atoms with Gasteiger partial charge in [0.1, 0.15) is 0 Å². The summed E-state index contributed by atoms with van der Waals surface area (Å²) in [6, 6.07) is 8.99. The van der Waals surface area contributed by atoms with E-state index >= 15 is 0 Å². The van der Waals surface area contributed by atoms with Crippen molar-refractivity contribution in [2.75, 3.05) is 0 Å². The lowest BCUT2D eigenvalue weighted by Crippen LogP contribution is -2.22. The molecule has 1 aliphatic rings. The number of nitrogens with zero attached hydrogens (tertiary/aromatic N) is 4. The van der Waals surface area contributed by atoms with Crippen molar-refractivity contribution in [1.82, 2.24) is 14.5 Å². The highest BCUT2D eigenvalue weighted by Crippen LogP contribution is 2.27. The number of aryl methyl sites for hydroxylation is 1. The van der Waals surface area contributed by atoms with Crippen molar-refractivity contribution in [3.8, 4) is 5.69 Å².